The van der Waals surface area contributed by atoms with Gasteiger partial charge in [0.15, 0.2) is 0 Å². The fourth-order valence-corrected chi connectivity index (χ4v) is 0.914. The Morgan fingerprint density at radius 1 is 1.57 bits per heavy atom. The largest absolute Gasteiger partial charge is 0.391 e. The van der Waals surface area contributed by atoms with Crippen LogP contribution in [0.3, 0.4) is 0 Å². The molecular formula is C8H5F3N2O. The van der Waals surface area contributed by atoms with Gasteiger partial charge in [-0.25, -0.2) is 18.2 Å². The molecule has 6 heteroatoms. The SMILES string of the molecule is N#Cc1nc(C(F)F)cc(F)c1CO. The van der Waals surface area contributed by atoms with Crippen LogP contribution in [0.2, 0.25) is 0 Å². The minimum atomic E-state index is -2.94. The van der Waals surface area contributed by atoms with Crippen molar-refractivity contribution in [1.82, 2.24) is 4.98 Å². The fraction of sp³-hybridized carbons (Fsp3) is 0.250. The average Bonchev–Trinajstić information content (AvgIpc) is 2.16. The van der Waals surface area contributed by atoms with Gasteiger partial charge in [-0.3, -0.25) is 0 Å². The minimum absolute atomic E-state index is 0.364. The molecule has 0 unspecified atom stereocenters. The molecule has 14 heavy (non-hydrogen) atoms. The average molecular weight is 202 g/mol. The maximum atomic E-state index is 13.0. The van der Waals surface area contributed by atoms with E-state index in [2.05, 4.69) is 4.98 Å². The third kappa shape index (κ3) is 1.83. The molecule has 0 saturated carbocycles. The Morgan fingerprint density at radius 2 is 2.21 bits per heavy atom. The first-order valence-corrected chi connectivity index (χ1v) is 3.58. The van der Waals surface area contributed by atoms with E-state index in [9.17, 15) is 13.2 Å². The number of hydrogen-bond donors (Lipinski definition) is 1. The summed E-state index contributed by atoms with van der Waals surface area (Å²) in [6, 6.07) is 1.95. The molecule has 0 fully saturated rings. The Kier molecular flexibility index (Phi) is 3.04. The van der Waals surface area contributed by atoms with Crippen LogP contribution in [0, 0.1) is 17.1 Å². The number of pyridine rings is 1. The lowest BCUT2D eigenvalue weighted by atomic mass is 10.2. The topological polar surface area (TPSA) is 56.9 Å². The van der Waals surface area contributed by atoms with E-state index in [4.69, 9.17) is 10.4 Å². The monoisotopic (exact) mass is 202 g/mol. The lowest BCUT2D eigenvalue weighted by molar-refractivity contribution is 0.145. The molecule has 0 amide bonds. The number of hydrogen-bond acceptors (Lipinski definition) is 3. The normalized spacial score (nSPS) is 10.3. The van der Waals surface area contributed by atoms with E-state index in [-0.39, 0.29) is 5.56 Å². The van der Waals surface area contributed by atoms with E-state index >= 15 is 0 Å². The van der Waals surface area contributed by atoms with E-state index < -0.39 is 30.2 Å². The highest BCUT2D eigenvalue weighted by Gasteiger charge is 2.16. The predicted octanol–water partition coefficient (Wildman–Crippen LogP) is 1.52. The van der Waals surface area contributed by atoms with Crippen molar-refractivity contribution in [2.45, 2.75) is 13.0 Å². The summed E-state index contributed by atoms with van der Waals surface area (Å²) in [6.07, 6.45) is -2.94. The lowest BCUT2D eigenvalue weighted by Gasteiger charge is -2.04. The van der Waals surface area contributed by atoms with Crippen molar-refractivity contribution in [3.05, 3.63) is 28.8 Å². The standard InChI is InChI=1S/C8H5F3N2O/c9-5-1-6(8(10)11)13-7(2-12)4(5)3-14/h1,8,14H,3H2. The van der Waals surface area contributed by atoms with Crippen LogP contribution in [-0.4, -0.2) is 10.1 Å². The van der Waals surface area contributed by atoms with Crippen LogP contribution in [-0.2, 0) is 6.61 Å². The van der Waals surface area contributed by atoms with Crippen molar-refractivity contribution < 1.29 is 18.3 Å². The van der Waals surface area contributed by atoms with Crippen molar-refractivity contribution in [2.24, 2.45) is 0 Å². The highest BCUT2D eigenvalue weighted by atomic mass is 19.3. The second-order valence-corrected chi connectivity index (χ2v) is 2.43. The molecule has 1 rings (SSSR count). The van der Waals surface area contributed by atoms with Gasteiger partial charge in [0.1, 0.15) is 23.3 Å². The number of nitriles is 1. The van der Waals surface area contributed by atoms with Gasteiger partial charge in [0, 0.05) is 11.6 Å². The number of nitrogens with zero attached hydrogens (tertiary/aromatic N) is 2. The van der Waals surface area contributed by atoms with Crippen LogP contribution in [0.25, 0.3) is 0 Å². The molecule has 1 heterocycles. The quantitative estimate of drug-likeness (QED) is 0.790. The van der Waals surface area contributed by atoms with Crippen LogP contribution in [0.15, 0.2) is 6.07 Å². The van der Waals surface area contributed by atoms with Crippen molar-refractivity contribution >= 4 is 0 Å². The summed E-state index contributed by atoms with van der Waals surface area (Å²) in [6.45, 7) is -0.745. The van der Waals surface area contributed by atoms with Gasteiger partial charge in [-0.2, -0.15) is 5.26 Å². The first-order valence-electron chi connectivity index (χ1n) is 3.58. The zero-order valence-corrected chi connectivity index (χ0v) is 6.84. The number of halogens is 3. The first kappa shape index (κ1) is 10.5. The first-order chi connectivity index (χ1) is 6.60. The van der Waals surface area contributed by atoms with Gasteiger partial charge in [-0.1, -0.05) is 0 Å². The van der Waals surface area contributed by atoms with E-state index in [1.54, 1.807) is 0 Å². The smallest absolute Gasteiger partial charge is 0.280 e. The molecule has 0 aliphatic rings. The molecule has 0 aliphatic carbocycles. The Hall–Kier alpha value is -1.61. The van der Waals surface area contributed by atoms with Crippen LogP contribution in [0.1, 0.15) is 23.4 Å². The summed E-state index contributed by atoms with van der Waals surface area (Å²) >= 11 is 0. The zero-order valence-electron chi connectivity index (χ0n) is 6.84. The Labute approximate surface area is 77.4 Å². The summed E-state index contributed by atoms with van der Waals surface area (Å²) in [4.78, 5) is 3.21. The number of rotatable bonds is 2. The van der Waals surface area contributed by atoms with E-state index in [0.717, 1.165) is 0 Å². The maximum absolute atomic E-state index is 13.0. The van der Waals surface area contributed by atoms with Gasteiger partial charge in [0.25, 0.3) is 6.43 Å². The summed E-state index contributed by atoms with van der Waals surface area (Å²) < 4.78 is 37.2. The zero-order chi connectivity index (χ0) is 10.7. The van der Waals surface area contributed by atoms with Gasteiger partial charge < -0.3 is 5.11 Å². The van der Waals surface area contributed by atoms with Gasteiger partial charge in [0.05, 0.1) is 6.61 Å². The van der Waals surface area contributed by atoms with Crippen molar-refractivity contribution in [3.63, 3.8) is 0 Å². The predicted molar refractivity (Wildman–Crippen MR) is 39.8 cm³/mol. The van der Waals surface area contributed by atoms with Gasteiger partial charge >= 0.3 is 0 Å². The fourth-order valence-electron chi connectivity index (χ4n) is 0.914. The molecule has 0 bridgehead atoms. The van der Waals surface area contributed by atoms with Crippen molar-refractivity contribution in [3.8, 4) is 6.07 Å². The van der Waals surface area contributed by atoms with E-state index in [1.165, 1.54) is 6.07 Å². The van der Waals surface area contributed by atoms with Crippen LogP contribution < -0.4 is 0 Å². The lowest BCUT2D eigenvalue weighted by Crippen LogP contribution is -2.02. The van der Waals surface area contributed by atoms with Crippen LogP contribution in [0.4, 0.5) is 13.2 Å². The molecule has 0 saturated heterocycles. The number of aliphatic hydroxyl groups excluding tert-OH is 1. The molecule has 1 aromatic rings. The number of aromatic nitrogens is 1. The summed E-state index contributed by atoms with van der Waals surface area (Å²) in [5.41, 5.74) is -1.68. The number of aliphatic hydroxyl groups is 1. The van der Waals surface area contributed by atoms with Gasteiger partial charge in [0.2, 0.25) is 0 Å². The van der Waals surface area contributed by atoms with Crippen LogP contribution in [0.5, 0.6) is 0 Å². The van der Waals surface area contributed by atoms with Crippen molar-refractivity contribution in [1.29, 1.82) is 5.26 Å². The van der Waals surface area contributed by atoms with E-state index in [0.29, 0.717) is 6.07 Å². The molecule has 1 aromatic heterocycles. The Balaban J connectivity index is 3.33. The Bertz CT molecular complexity index is 387. The molecule has 0 spiro atoms. The highest BCUT2D eigenvalue weighted by molar-refractivity contribution is 5.33. The molecule has 0 aromatic carbocycles. The number of alkyl halides is 2. The third-order valence-electron chi connectivity index (χ3n) is 1.58. The van der Waals surface area contributed by atoms with Gasteiger partial charge in [-0.05, 0) is 0 Å². The van der Waals surface area contributed by atoms with Gasteiger partial charge in [-0.15, -0.1) is 0 Å². The summed E-state index contributed by atoms with van der Waals surface area (Å²) in [7, 11) is 0. The molecule has 1 N–H and O–H groups in total. The summed E-state index contributed by atoms with van der Waals surface area (Å²) in [5.74, 6) is -1.05. The third-order valence-corrected chi connectivity index (χ3v) is 1.58. The van der Waals surface area contributed by atoms with Crippen LogP contribution >= 0.6 is 0 Å². The summed E-state index contributed by atoms with van der Waals surface area (Å²) in [5, 5.41) is 17.1. The van der Waals surface area contributed by atoms with Crippen molar-refractivity contribution in [2.75, 3.05) is 0 Å². The Morgan fingerprint density at radius 3 is 2.64 bits per heavy atom. The molecular weight excluding hydrogens is 197 g/mol. The minimum Gasteiger partial charge on any atom is -0.391 e. The second kappa shape index (κ2) is 4.07. The maximum Gasteiger partial charge on any atom is 0.280 e. The molecule has 0 aliphatic heterocycles. The second-order valence-electron chi connectivity index (χ2n) is 2.43. The highest BCUT2D eigenvalue weighted by Crippen LogP contribution is 2.20. The van der Waals surface area contributed by atoms with E-state index in [1.807, 2.05) is 0 Å². The molecule has 0 atom stereocenters. The molecule has 3 nitrogen and oxygen atoms in total. The molecule has 74 valence electrons. The molecule has 0 radical (unpaired) electrons.